The van der Waals surface area contributed by atoms with Gasteiger partial charge >= 0.3 is 0 Å². The summed E-state index contributed by atoms with van der Waals surface area (Å²) in [6.07, 6.45) is 4.46. The second-order valence-electron chi connectivity index (χ2n) is 6.55. The van der Waals surface area contributed by atoms with Crippen LogP contribution >= 0.6 is 0 Å². The highest BCUT2D eigenvalue weighted by Gasteiger charge is 2.26. The minimum absolute atomic E-state index is 0.154. The monoisotopic (exact) mass is 357 g/mol. The zero-order valence-corrected chi connectivity index (χ0v) is 15.7. The molecule has 0 aliphatic carbocycles. The fourth-order valence-corrected chi connectivity index (χ4v) is 3.65. The van der Waals surface area contributed by atoms with Crippen molar-refractivity contribution in [2.75, 3.05) is 33.9 Å². The van der Waals surface area contributed by atoms with Crippen LogP contribution in [-0.2, 0) is 7.05 Å². The Hall–Kier alpha value is -2.47. The van der Waals surface area contributed by atoms with Gasteiger partial charge in [-0.3, -0.25) is 9.69 Å². The average molecular weight is 357 g/mol. The Morgan fingerprint density at radius 3 is 2.54 bits per heavy atom. The topological polar surface area (TPSA) is 55.7 Å². The van der Waals surface area contributed by atoms with Gasteiger partial charge in [0.25, 0.3) is 5.91 Å². The number of methoxy groups -OCH3 is 2. The third-order valence-electron chi connectivity index (χ3n) is 5.01. The van der Waals surface area contributed by atoms with Gasteiger partial charge in [-0.1, -0.05) is 6.07 Å². The number of para-hydroxylation sites is 1. The van der Waals surface area contributed by atoms with E-state index < -0.39 is 0 Å². The van der Waals surface area contributed by atoms with Gasteiger partial charge in [0.1, 0.15) is 0 Å². The summed E-state index contributed by atoms with van der Waals surface area (Å²) in [6.45, 7) is 2.68. The second kappa shape index (κ2) is 8.27. The number of nitrogens with zero attached hydrogens (tertiary/aromatic N) is 2. The van der Waals surface area contributed by atoms with Gasteiger partial charge in [0, 0.05) is 25.5 Å². The lowest BCUT2D eigenvalue weighted by Gasteiger charge is -2.28. The quantitative estimate of drug-likeness (QED) is 0.828. The number of nitrogens with one attached hydrogen (secondary N) is 1. The molecule has 1 N–H and O–H groups in total. The Morgan fingerprint density at radius 1 is 1.15 bits per heavy atom. The lowest BCUT2D eigenvalue weighted by atomic mass is 10.1. The zero-order chi connectivity index (χ0) is 18.5. The second-order valence-corrected chi connectivity index (χ2v) is 6.55. The molecule has 2 aromatic rings. The maximum atomic E-state index is 12.8. The summed E-state index contributed by atoms with van der Waals surface area (Å²) in [6, 6.07) is 9.67. The molecule has 2 heterocycles. The number of carbonyl (C=O) groups is 1. The molecule has 140 valence electrons. The van der Waals surface area contributed by atoms with E-state index in [1.165, 1.54) is 18.5 Å². The molecule has 26 heavy (non-hydrogen) atoms. The molecule has 0 spiro atoms. The maximum absolute atomic E-state index is 12.8. The SMILES string of the molecule is COc1cccc(C(=O)NC[C@@H](c2cccn2C)N2CCCC2)c1OC. The zero-order valence-electron chi connectivity index (χ0n) is 15.7. The maximum Gasteiger partial charge on any atom is 0.255 e. The molecular formula is C20H27N3O3. The molecule has 1 aliphatic rings. The number of carbonyl (C=O) groups excluding carboxylic acids is 1. The summed E-state index contributed by atoms with van der Waals surface area (Å²) in [5.74, 6) is 0.863. The lowest BCUT2D eigenvalue weighted by Crippen LogP contribution is -2.37. The van der Waals surface area contributed by atoms with Crippen molar-refractivity contribution in [1.29, 1.82) is 0 Å². The third-order valence-corrected chi connectivity index (χ3v) is 5.01. The van der Waals surface area contributed by atoms with Crippen molar-refractivity contribution >= 4 is 5.91 Å². The van der Waals surface area contributed by atoms with E-state index in [1.54, 1.807) is 32.4 Å². The molecular weight excluding hydrogens is 330 g/mol. The van der Waals surface area contributed by atoms with E-state index in [9.17, 15) is 4.79 Å². The molecule has 1 saturated heterocycles. The van der Waals surface area contributed by atoms with Crippen LogP contribution in [0.15, 0.2) is 36.5 Å². The van der Waals surface area contributed by atoms with Crippen molar-refractivity contribution in [2.45, 2.75) is 18.9 Å². The van der Waals surface area contributed by atoms with Crippen LogP contribution < -0.4 is 14.8 Å². The van der Waals surface area contributed by atoms with Crippen molar-refractivity contribution in [3.05, 3.63) is 47.8 Å². The van der Waals surface area contributed by atoms with Gasteiger partial charge in [0.2, 0.25) is 0 Å². The molecule has 1 atom stereocenters. The molecule has 0 saturated carbocycles. The van der Waals surface area contributed by atoms with E-state index in [0.29, 0.717) is 23.6 Å². The Balaban J connectivity index is 1.77. The van der Waals surface area contributed by atoms with Crippen LogP contribution in [0, 0.1) is 0 Å². The minimum atomic E-state index is -0.154. The number of aromatic nitrogens is 1. The number of hydrogen-bond donors (Lipinski definition) is 1. The number of ether oxygens (including phenoxy) is 2. The van der Waals surface area contributed by atoms with E-state index in [0.717, 1.165) is 13.1 Å². The average Bonchev–Trinajstić information content (AvgIpc) is 3.33. The highest BCUT2D eigenvalue weighted by atomic mass is 16.5. The van der Waals surface area contributed by atoms with Crippen LogP contribution in [0.2, 0.25) is 0 Å². The summed E-state index contributed by atoms with van der Waals surface area (Å²) in [5, 5.41) is 3.09. The summed E-state index contributed by atoms with van der Waals surface area (Å²) < 4.78 is 12.8. The van der Waals surface area contributed by atoms with Gasteiger partial charge in [-0.05, 0) is 50.2 Å². The molecule has 1 aromatic carbocycles. The summed E-state index contributed by atoms with van der Waals surface area (Å²) in [4.78, 5) is 15.2. The van der Waals surface area contributed by atoms with Gasteiger partial charge in [-0.15, -0.1) is 0 Å². The minimum Gasteiger partial charge on any atom is -0.493 e. The first kappa shape index (κ1) is 18.3. The molecule has 1 aromatic heterocycles. The lowest BCUT2D eigenvalue weighted by molar-refractivity contribution is 0.0933. The smallest absolute Gasteiger partial charge is 0.255 e. The number of likely N-dealkylation sites (tertiary alicyclic amines) is 1. The largest absolute Gasteiger partial charge is 0.493 e. The first-order valence-corrected chi connectivity index (χ1v) is 9.00. The molecule has 0 bridgehead atoms. The van der Waals surface area contributed by atoms with Gasteiger partial charge < -0.3 is 19.4 Å². The predicted octanol–water partition coefficient (Wildman–Crippen LogP) is 2.61. The first-order valence-electron chi connectivity index (χ1n) is 9.00. The van der Waals surface area contributed by atoms with Crippen molar-refractivity contribution in [3.63, 3.8) is 0 Å². The highest BCUT2D eigenvalue weighted by molar-refractivity contribution is 5.97. The predicted molar refractivity (Wildman–Crippen MR) is 101 cm³/mol. The highest BCUT2D eigenvalue weighted by Crippen LogP contribution is 2.31. The Kier molecular flexibility index (Phi) is 5.83. The van der Waals surface area contributed by atoms with E-state index in [-0.39, 0.29) is 11.9 Å². The van der Waals surface area contributed by atoms with Crippen molar-refractivity contribution in [3.8, 4) is 11.5 Å². The van der Waals surface area contributed by atoms with Crippen LogP contribution in [0.25, 0.3) is 0 Å². The van der Waals surface area contributed by atoms with Crippen molar-refractivity contribution in [2.24, 2.45) is 7.05 Å². The fraction of sp³-hybridized carbons (Fsp3) is 0.450. The molecule has 3 rings (SSSR count). The first-order chi connectivity index (χ1) is 12.7. The van der Waals surface area contributed by atoms with Crippen LogP contribution in [-0.4, -0.2) is 49.2 Å². The van der Waals surface area contributed by atoms with Crippen LogP contribution in [0.4, 0.5) is 0 Å². The number of aryl methyl sites for hydroxylation is 1. The Morgan fingerprint density at radius 2 is 1.92 bits per heavy atom. The Bertz CT molecular complexity index is 751. The molecule has 6 heteroatoms. The summed E-state index contributed by atoms with van der Waals surface area (Å²) >= 11 is 0. The van der Waals surface area contributed by atoms with E-state index >= 15 is 0 Å². The van der Waals surface area contributed by atoms with E-state index in [1.807, 2.05) is 19.3 Å². The molecule has 1 aliphatic heterocycles. The number of hydrogen-bond acceptors (Lipinski definition) is 4. The van der Waals surface area contributed by atoms with Crippen LogP contribution in [0.3, 0.4) is 0 Å². The van der Waals surface area contributed by atoms with E-state index in [4.69, 9.17) is 9.47 Å². The Labute approximate surface area is 154 Å². The fourth-order valence-electron chi connectivity index (χ4n) is 3.65. The number of amides is 1. The molecule has 1 fully saturated rings. The number of rotatable bonds is 7. The van der Waals surface area contributed by atoms with Crippen LogP contribution in [0.1, 0.15) is 34.9 Å². The van der Waals surface area contributed by atoms with Gasteiger partial charge in [0.05, 0.1) is 25.8 Å². The number of benzene rings is 1. The molecule has 0 unspecified atom stereocenters. The molecule has 0 radical (unpaired) electrons. The van der Waals surface area contributed by atoms with Gasteiger partial charge in [0.15, 0.2) is 11.5 Å². The van der Waals surface area contributed by atoms with Crippen molar-refractivity contribution in [1.82, 2.24) is 14.8 Å². The standard InChI is InChI=1S/C20H27N3O3/c1-22-11-7-9-16(22)17(23-12-4-5-13-23)14-21-20(24)15-8-6-10-18(25-2)19(15)26-3/h6-11,17H,4-5,12-14H2,1-3H3,(H,21,24)/t17-/m0/s1. The summed E-state index contributed by atoms with van der Waals surface area (Å²) in [7, 11) is 5.16. The van der Waals surface area contributed by atoms with Gasteiger partial charge in [-0.2, -0.15) is 0 Å². The van der Waals surface area contributed by atoms with Crippen LogP contribution in [0.5, 0.6) is 11.5 Å². The van der Waals surface area contributed by atoms with Crippen molar-refractivity contribution < 1.29 is 14.3 Å². The third kappa shape index (κ3) is 3.70. The van der Waals surface area contributed by atoms with Gasteiger partial charge in [-0.25, -0.2) is 0 Å². The normalized spacial score (nSPS) is 15.7. The van der Waals surface area contributed by atoms with E-state index in [2.05, 4.69) is 20.9 Å². The molecule has 1 amide bonds. The molecule has 6 nitrogen and oxygen atoms in total. The summed E-state index contributed by atoms with van der Waals surface area (Å²) in [5.41, 5.74) is 1.70.